The van der Waals surface area contributed by atoms with Crippen molar-refractivity contribution in [2.45, 2.75) is 19.3 Å². The zero-order valence-electron chi connectivity index (χ0n) is 15.7. The third-order valence-corrected chi connectivity index (χ3v) is 4.98. The molecule has 0 aliphatic carbocycles. The van der Waals surface area contributed by atoms with Crippen molar-refractivity contribution in [1.29, 1.82) is 0 Å². The molecule has 0 radical (unpaired) electrons. The van der Waals surface area contributed by atoms with E-state index in [9.17, 15) is 0 Å². The third kappa shape index (κ3) is 4.17. The molecule has 6 nitrogen and oxygen atoms in total. The van der Waals surface area contributed by atoms with Crippen molar-refractivity contribution < 1.29 is 9.47 Å². The van der Waals surface area contributed by atoms with Crippen LogP contribution in [-0.2, 0) is 0 Å². The summed E-state index contributed by atoms with van der Waals surface area (Å²) >= 11 is 0. The van der Waals surface area contributed by atoms with Crippen LogP contribution >= 0.6 is 0 Å². The minimum atomic E-state index is 0.688. The van der Waals surface area contributed by atoms with Crippen LogP contribution in [-0.4, -0.2) is 48.2 Å². The van der Waals surface area contributed by atoms with Gasteiger partial charge in [0, 0.05) is 36.1 Å². The highest BCUT2D eigenvalue weighted by Crippen LogP contribution is 2.33. The highest BCUT2D eigenvalue weighted by Gasteiger charge is 2.12. The van der Waals surface area contributed by atoms with E-state index < -0.39 is 0 Å². The Bertz CT molecular complexity index is 887. The molecule has 142 valence electrons. The predicted octanol–water partition coefficient (Wildman–Crippen LogP) is 4.18. The summed E-state index contributed by atoms with van der Waals surface area (Å²) in [7, 11) is 1.67. The topological polar surface area (TPSA) is 62.4 Å². The van der Waals surface area contributed by atoms with E-state index in [-0.39, 0.29) is 0 Å². The Kier molecular flexibility index (Phi) is 5.44. The van der Waals surface area contributed by atoms with Gasteiger partial charge >= 0.3 is 0 Å². The molecular weight excluding hydrogens is 340 g/mol. The van der Waals surface area contributed by atoms with E-state index in [4.69, 9.17) is 9.47 Å². The van der Waals surface area contributed by atoms with Crippen molar-refractivity contribution in [2.24, 2.45) is 0 Å². The summed E-state index contributed by atoms with van der Waals surface area (Å²) in [5.41, 5.74) is 2.83. The first kappa shape index (κ1) is 17.7. The van der Waals surface area contributed by atoms with Gasteiger partial charge in [0.2, 0.25) is 0 Å². The fourth-order valence-corrected chi connectivity index (χ4v) is 3.57. The van der Waals surface area contributed by atoms with Gasteiger partial charge in [0.15, 0.2) is 11.5 Å². The maximum absolute atomic E-state index is 6.03. The third-order valence-electron chi connectivity index (χ3n) is 4.98. The molecule has 2 N–H and O–H groups in total. The van der Waals surface area contributed by atoms with E-state index >= 15 is 0 Å². The monoisotopic (exact) mass is 366 g/mol. The van der Waals surface area contributed by atoms with Gasteiger partial charge in [0.05, 0.1) is 19.4 Å². The molecule has 0 atom stereocenters. The highest BCUT2D eigenvalue weighted by molar-refractivity contribution is 5.91. The Morgan fingerprint density at radius 2 is 2.04 bits per heavy atom. The Balaban J connectivity index is 1.43. The smallest absolute Gasteiger partial charge is 0.163 e. The maximum Gasteiger partial charge on any atom is 0.163 e. The Morgan fingerprint density at radius 1 is 1.15 bits per heavy atom. The van der Waals surface area contributed by atoms with Crippen LogP contribution in [0.25, 0.3) is 11.0 Å². The van der Waals surface area contributed by atoms with E-state index in [1.807, 2.05) is 36.5 Å². The molecular formula is C21H26N4O2. The number of likely N-dealkylation sites (tertiary alicyclic amines) is 1. The van der Waals surface area contributed by atoms with Crippen LogP contribution < -0.4 is 14.8 Å². The largest absolute Gasteiger partial charge is 0.493 e. The van der Waals surface area contributed by atoms with Gasteiger partial charge in [0.1, 0.15) is 5.65 Å². The summed E-state index contributed by atoms with van der Waals surface area (Å²) in [6, 6.07) is 9.91. The normalized spacial score (nSPS) is 14.6. The van der Waals surface area contributed by atoms with Gasteiger partial charge in [-0.25, -0.2) is 4.98 Å². The number of benzene rings is 1. The van der Waals surface area contributed by atoms with Crippen molar-refractivity contribution in [2.75, 3.05) is 38.7 Å². The molecule has 6 heteroatoms. The Hall–Kier alpha value is -2.73. The van der Waals surface area contributed by atoms with Crippen LogP contribution in [0.15, 0.2) is 42.7 Å². The molecule has 3 heterocycles. The lowest BCUT2D eigenvalue weighted by molar-refractivity contribution is 0.254. The lowest BCUT2D eigenvalue weighted by Gasteiger charge is -2.16. The lowest BCUT2D eigenvalue weighted by atomic mass is 10.2. The van der Waals surface area contributed by atoms with Gasteiger partial charge in [-0.3, -0.25) is 0 Å². The van der Waals surface area contributed by atoms with Crippen LogP contribution in [0.1, 0.15) is 19.3 Å². The molecule has 0 unspecified atom stereocenters. The molecule has 0 amide bonds. The number of hydrogen-bond donors (Lipinski definition) is 2. The van der Waals surface area contributed by atoms with Crippen LogP contribution in [0, 0.1) is 0 Å². The van der Waals surface area contributed by atoms with Gasteiger partial charge in [0.25, 0.3) is 0 Å². The molecule has 1 fully saturated rings. The number of anilines is 2. The van der Waals surface area contributed by atoms with Gasteiger partial charge in [-0.15, -0.1) is 0 Å². The van der Waals surface area contributed by atoms with E-state index in [0.29, 0.717) is 6.61 Å². The number of nitrogens with zero attached hydrogens (tertiary/aromatic N) is 2. The average Bonchev–Trinajstić information content (AvgIpc) is 3.37. The van der Waals surface area contributed by atoms with Gasteiger partial charge in [-0.05, 0) is 56.6 Å². The zero-order chi connectivity index (χ0) is 18.5. The first-order valence-electron chi connectivity index (χ1n) is 9.56. The summed E-state index contributed by atoms with van der Waals surface area (Å²) in [4.78, 5) is 9.96. The van der Waals surface area contributed by atoms with E-state index in [2.05, 4.69) is 20.2 Å². The van der Waals surface area contributed by atoms with Gasteiger partial charge in [-0.2, -0.15) is 0 Å². The first-order chi connectivity index (χ1) is 13.3. The second-order valence-electron chi connectivity index (χ2n) is 6.84. The van der Waals surface area contributed by atoms with Crippen molar-refractivity contribution in [3.05, 3.63) is 42.7 Å². The number of fused-ring (bicyclic) bond motifs is 1. The standard InChI is InChI=1S/C21H26N4O2/c1-26-19-6-5-16(24-18-8-10-23-21-17(18)7-9-22-21)15-20(19)27-14-4-13-25-11-2-3-12-25/h5-10,15H,2-4,11-14H2,1H3,(H2,22,23,24). The number of methoxy groups -OCH3 is 1. The minimum absolute atomic E-state index is 0.688. The molecule has 1 aromatic carbocycles. The fraction of sp³-hybridized carbons (Fsp3) is 0.381. The van der Waals surface area contributed by atoms with Crippen molar-refractivity contribution >= 4 is 22.4 Å². The number of ether oxygens (including phenoxy) is 2. The van der Waals surface area contributed by atoms with E-state index in [1.54, 1.807) is 13.3 Å². The van der Waals surface area contributed by atoms with Crippen LogP contribution in [0.4, 0.5) is 11.4 Å². The maximum atomic E-state index is 6.03. The fourth-order valence-electron chi connectivity index (χ4n) is 3.57. The Morgan fingerprint density at radius 3 is 2.89 bits per heavy atom. The average molecular weight is 366 g/mol. The van der Waals surface area contributed by atoms with Crippen LogP contribution in [0.3, 0.4) is 0 Å². The summed E-state index contributed by atoms with van der Waals surface area (Å²) < 4.78 is 11.5. The number of aromatic amines is 1. The molecule has 1 aliphatic rings. The molecule has 4 rings (SSSR count). The predicted molar refractivity (Wildman–Crippen MR) is 108 cm³/mol. The summed E-state index contributed by atoms with van der Waals surface area (Å²) in [5, 5.41) is 4.51. The SMILES string of the molecule is COc1ccc(Nc2ccnc3[nH]ccc23)cc1OCCCN1CCCC1. The molecule has 1 saturated heterocycles. The van der Waals surface area contributed by atoms with Crippen LogP contribution in [0.2, 0.25) is 0 Å². The molecule has 0 spiro atoms. The number of rotatable bonds is 8. The van der Waals surface area contributed by atoms with Crippen LogP contribution in [0.5, 0.6) is 11.5 Å². The summed E-state index contributed by atoms with van der Waals surface area (Å²) in [6.45, 7) is 4.24. The molecule has 0 saturated carbocycles. The Labute approximate surface area is 159 Å². The first-order valence-corrected chi connectivity index (χ1v) is 9.56. The number of nitrogens with one attached hydrogen (secondary N) is 2. The molecule has 27 heavy (non-hydrogen) atoms. The van der Waals surface area contributed by atoms with Crippen molar-refractivity contribution in [3.8, 4) is 11.5 Å². The van der Waals surface area contributed by atoms with Gasteiger partial charge < -0.3 is 24.7 Å². The number of aromatic nitrogens is 2. The minimum Gasteiger partial charge on any atom is -0.493 e. The van der Waals surface area contributed by atoms with Gasteiger partial charge in [-0.1, -0.05) is 0 Å². The lowest BCUT2D eigenvalue weighted by Crippen LogP contribution is -2.21. The second-order valence-corrected chi connectivity index (χ2v) is 6.84. The van der Waals surface area contributed by atoms with Crippen molar-refractivity contribution in [3.63, 3.8) is 0 Å². The quantitative estimate of drug-likeness (QED) is 0.586. The molecule has 2 aromatic heterocycles. The second kappa shape index (κ2) is 8.31. The van der Waals surface area contributed by atoms with E-state index in [0.717, 1.165) is 46.9 Å². The molecule has 0 bridgehead atoms. The molecule has 1 aliphatic heterocycles. The molecule has 3 aromatic rings. The number of hydrogen-bond acceptors (Lipinski definition) is 5. The number of H-pyrrole nitrogens is 1. The van der Waals surface area contributed by atoms with Crippen molar-refractivity contribution in [1.82, 2.24) is 14.9 Å². The number of pyridine rings is 1. The summed E-state index contributed by atoms with van der Waals surface area (Å²) in [5.74, 6) is 1.52. The van der Waals surface area contributed by atoms with E-state index in [1.165, 1.54) is 25.9 Å². The highest BCUT2D eigenvalue weighted by atomic mass is 16.5. The zero-order valence-corrected chi connectivity index (χ0v) is 15.7. The summed E-state index contributed by atoms with van der Waals surface area (Å²) in [6.07, 6.45) is 7.36.